The quantitative estimate of drug-likeness (QED) is 0.484. The molecule has 8 heteroatoms. The third-order valence-corrected chi connectivity index (χ3v) is 4.92. The first kappa shape index (κ1) is 18.1. The lowest BCUT2D eigenvalue weighted by Gasteiger charge is -2.10. The summed E-state index contributed by atoms with van der Waals surface area (Å²) in [5.41, 5.74) is 3.36. The van der Waals surface area contributed by atoms with Crippen LogP contribution in [0.2, 0.25) is 0 Å². The molecule has 0 fully saturated rings. The van der Waals surface area contributed by atoms with Gasteiger partial charge in [0.2, 0.25) is 0 Å². The van der Waals surface area contributed by atoms with E-state index in [0.29, 0.717) is 34.6 Å². The van der Waals surface area contributed by atoms with Crippen molar-refractivity contribution in [3.05, 3.63) is 72.5 Å². The summed E-state index contributed by atoms with van der Waals surface area (Å²) in [6, 6.07) is 11.3. The molecule has 1 amide bonds. The lowest BCUT2D eigenvalue weighted by atomic mass is 10.1. The Labute approximate surface area is 172 Å². The van der Waals surface area contributed by atoms with Gasteiger partial charge in [0.25, 0.3) is 5.91 Å². The Morgan fingerprint density at radius 3 is 2.87 bits per heavy atom. The predicted molar refractivity (Wildman–Crippen MR) is 112 cm³/mol. The number of aromatic nitrogens is 5. The minimum atomic E-state index is -0.212. The molecule has 1 N–H and O–H groups in total. The van der Waals surface area contributed by atoms with Crippen molar-refractivity contribution in [3.8, 4) is 11.5 Å². The molecule has 0 radical (unpaired) electrons. The highest BCUT2D eigenvalue weighted by atomic mass is 16.3. The summed E-state index contributed by atoms with van der Waals surface area (Å²) in [5.74, 6) is 0.387. The van der Waals surface area contributed by atoms with Gasteiger partial charge in [0.05, 0.1) is 35.6 Å². The van der Waals surface area contributed by atoms with Gasteiger partial charge in [-0.15, -0.1) is 0 Å². The van der Waals surface area contributed by atoms with Crippen LogP contribution in [0.15, 0.2) is 65.7 Å². The van der Waals surface area contributed by atoms with Crippen LogP contribution < -0.4 is 5.32 Å². The Balaban J connectivity index is 1.50. The normalized spacial score (nSPS) is 11.6. The van der Waals surface area contributed by atoms with E-state index in [4.69, 9.17) is 9.40 Å². The molecule has 5 heterocycles. The number of nitrogens with one attached hydrogen (secondary N) is 1. The van der Waals surface area contributed by atoms with Crippen molar-refractivity contribution in [3.63, 3.8) is 0 Å². The van der Waals surface area contributed by atoms with Crippen LogP contribution in [-0.2, 0) is 6.54 Å². The second-order valence-corrected chi connectivity index (χ2v) is 7.33. The van der Waals surface area contributed by atoms with Gasteiger partial charge in [-0.25, -0.2) is 14.6 Å². The predicted octanol–water partition coefficient (Wildman–Crippen LogP) is 3.85. The van der Waals surface area contributed by atoms with Gasteiger partial charge in [0, 0.05) is 18.4 Å². The van der Waals surface area contributed by atoms with E-state index in [9.17, 15) is 4.79 Å². The van der Waals surface area contributed by atoms with Gasteiger partial charge in [-0.05, 0) is 44.2 Å². The summed E-state index contributed by atoms with van der Waals surface area (Å²) in [7, 11) is 0. The summed E-state index contributed by atoms with van der Waals surface area (Å²) < 4.78 is 9.24. The number of imidazole rings is 1. The fraction of sp³-hybridized carbons (Fsp3) is 0.182. The average molecular weight is 400 g/mol. The largest absolute Gasteiger partial charge is 0.463 e. The van der Waals surface area contributed by atoms with Crippen LogP contribution in [0.1, 0.15) is 35.9 Å². The van der Waals surface area contributed by atoms with Crippen molar-refractivity contribution in [2.24, 2.45) is 0 Å². The maximum Gasteiger partial charge on any atom is 0.252 e. The monoisotopic (exact) mass is 400 g/mol. The van der Waals surface area contributed by atoms with Gasteiger partial charge < -0.3 is 14.1 Å². The number of carbonyl (C=O) groups is 1. The second kappa shape index (κ2) is 7.14. The van der Waals surface area contributed by atoms with E-state index < -0.39 is 0 Å². The van der Waals surface area contributed by atoms with Crippen molar-refractivity contribution in [1.82, 2.24) is 29.5 Å². The van der Waals surface area contributed by atoms with Crippen molar-refractivity contribution in [2.75, 3.05) is 0 Å². The number of fused-ring (bicyclic) bond motifs is 2. The smallest absolute Gasteiger partial charge is 0.252 e. The Bertz CT molecular complexity index is 1310. The highest BCUT2D eigenvalue weighted by Gasteiger charge is 2.19. The lowest BCUT2D eigenvalue weighted by molar-refractivity contribution is 0.0952. The van der Waals surface area contributed by atoms with Crippen molar-refractivity contribution < 1.29 is 9.21 Å². The SMILES string of the molecule is CC(C)n1ncc2c(C(=O)NCc3cn4ccccc4n3)cc(-c3ccco3)nc21. The molecule has 5 aromatic heterocycles. The van der Waals surface area contributed by atoms with Gasteiger partial charge >= 0.3 is 0 Å². The molecule has 0 aliphatic rings. The van der Waals surface area contributed by atoms with Crippen LogP contribution in [0.25, 0.3) is 28.1 Å². The first-order chi connectivity index (χ1) is 14.6. The summed E-state index contributed by atoms with van der Waals surface area (Å²) in [4.78, 5) is 22.3. The van der Waals surface area contributed by atoms with Gasteiger partial charge in [-0.2, -0.15) is 5.10 Å². The molecule has 0 bridgehead atoms. The summed E-state index contributed by atoms with van der Waals surface area (Å²) in [6.07, 6.45) is 7.11. The first-order valence-electron chi connectivity index (χ1n) is 9.73. The number of hydrogen-bond acceptors (Lipinski definition) is 5. The zero-order chi connectivity index (χ0) is 20.7. The molecule has 0 saturated carbocycles. The number of carbonyl (C=O) groups excluding carboxylic acids is 1. The molecule has 0 aromatic carbocycles. The third kappa shape index (κ3) is 3.12. The molecule has 0 aliphatic carbocycles. The molecule has 0 spiro atoms. The molecule has 5 aromatic rings. The number of nitrogens with zero attached hydrogens (tertiary/aromatic N) is 5. The maximum atomic E-state index is 13.1. The molecule has 150 valence electrons. The van der Waals surface area contributed by atoms with E-state index in [2.05, 4.69) is 15.4 Å². The van der Waals surface area contributed by atoms with Crippen molar-refractivity contribution in [2.45, 2.75) is 26.4 Å². The van der Waals surface area contributed by atoms with Crippen LogP contribution >= 0.6 is 0 Å². The molecular weight excluding hydrogens is 380 g/mol. The van der Waals surface area contributed by atoms with E-state index in [0.717, 1.165) is 11.3 Å². The highest BCUT2D eigenvalue weighted by molar-refractivity contribution is 6.06. The fourth-order valence-corrected chi connectivity index (χ4v) is 3.47. The van der Waals surface area contributed by atoms with Gasteiger partial charge in [-0.1, -0.05) is 6.07 Å². The summed E-state index contributed by atoms with van der Waals surface area (Å²) in [6.45, 7) is 4.37. The number of pyridine rings is 2. The zero-order valence-corrected chi connectivity index (χ0v) is 16.6. The molecule has 0 saturated heterocycles. The maximum absolute atomic E-state index is 13.1. The van der Waals surface area contributed by atoms with Gasteiger partial charge in [0.15, 0.2) is 11.4 Å². The van der Waals surface area contributed by atoms with Crippen LogP contribution in [-0.4, -0.2) is 30.1 Å². The number of rotatable bonds is 5. The molecule has 0 unspecified atom stereocenters. The Kier molecular flexibility index (Phi) is 4.31. The number of amides is 1. The van der Waals surface area contributed by atoms with Crippen LogP contribution in [0.3, 0.4) is 0 Å². The zero-order valence-electron chi connectivity index (χ0n) is 16.6. The lowest BCUT2D eigenvalue weighted by Crippen LogP contribution is -2.23. The molecule has 0 atom stereocenters. The number of furan rings is 1. The third-order valence-electron chi connectivity index (χ3n) is 4.92. The molecular formula is C22H20N6O2. The Morgan fingerprint density at radius 2 is 2.10 bits per heavy atom. The average Bonchev–Trinajstić information content (AvgIpc) is 3.49. The first-order valence-corrected chi connectivity index (χ1v) is 9.73. The summed E-state index contributed by atoms with van der Waals surface area (Å²) >= 11 is 0. The molecule has 0 aliphatic heterocycles. The van der Waals surface area contributed by atoms with Gasteiger partial charge in [0.1, 0.15) is 11.3 Å². The second-order valence-electron chi connectivity index (χ2n) is 7.33. The van der Waals surface area contributed by atoms with E-state index in [1.54, 1.807) is 29.3 Å². The van der Waals surface area contributed by atoms with Crippen LogP contribution in [0, 0.1) is 0 Å². The number of hydrogen-bond donors (Lipinski definition) is 1. The Hall–Kier alpha value is -3.94. The Morgan fingerprint density at radius 1 is 1.20 bits per heavy atom. The topological polar surface area (TPSA) is 90.2 Å². The van der Waals surface area contributed by atoms with Gasteiger partial charge in [-0.3, -0.25) is 4.79 Å². The minimum Gasteiger partial charge on any atom is -0.463 e. The van der Waals surface area contributed by atoms with E-state index in [-0.39, 0.29) is 11.9 Å². The minimum absolute atomic E-state index is 0.107. The summed E-state index contributed by atoms with van der Waals surface area (Å²) in [5, 5.41) is 8.10. The van der Waals surface area contributed by atoms with Crippen molar-refractivity contribution >= 4 is 22.6 Å². The highest BCUT2D eigenvalue weighted by Crippen LogP contribution is 2.26. The molecule has 5 rings (SSSR count). The van der Waals surface area contributed by atoms with E-state index >= 15 is 0 Å². The van der Waals surface area contributed by atoms with Crippen molar-refractivity contribution in [1.29, 1.82) is 0 Å². The van der Waals surface area contributed by atoms with E-state index in [1.165, 1.54) is 0 Å². The van der Waals surface area contributed by atoms with Crippen LogP contribution in [0.4, 0.5) is 0 Å². The fourth-order valence-electron chi connectivity index (χ4n) is 3.47. The standard InChI is InChI=1S/C22H20N6O2/c1-14(2)28-21-17(12-24-28)16(10-18(26-21)19-6-5-9-30-19)22(29)23-11-15-13-27-8-4-3-7-20(27)25-15/h3-10,12-14H,11H2,1-2H3,(H,23,29). The molecule has 30 heavy (non-hydrogen) atoms. The molecule has 8 nitrogen and oxygen atoms in total. The van der Waals surface area contributed by atoms with Crippen LogP contribution in [0.5, 0.6) is 0 Å². The van der Waals surface area contributed by atoms with E-state index in [1.807, 2.05) is 54.9 Å².